The number of amides is 2. The van der Waals surface area contributed by atoms with Gasteiger partial charge in [0.15, 0.2) is 0 Å². The Hall–Kier alpha value is -3.43. The molecule has 9 nitrogen and oxygen atoms in total. The predicted molar refractivity (Wildman–Crippen MR) is 153 cm³/mol. The van der Waals surface area contributed by atoms with Crippen LogP contribution in [0.3, 0.4) is 0 Å². The van der Waals surface area contributed by atoms with Crippen molar-refractivity contribution in [3.05, 3.63) is 76.2 Å². The summed E-state index contributed by atoms with van der Waals surface area (Å²) in [7, 11) is 1.75. The van der Waals surface area contributed by atoms with Gasteiger partial charge in [-0.1, -0.05) is 43.2 Å². The van der Waals surface area contributed by atoms with Crippen LogP contribution in [0, 0.1) is 10.8 Å². The number of carbonyl (C=O) groups excluding carboxylic acids is 1. The highest BCUT2D eigenvalue weighted by Crippen LogP contribution is 2.51. The Bertz CT molecular complexity index is 1270. The van der Waals surface area contributed by atoms with Gasteiger partial charge in [-0.25, -0.2) is 4.79 Å². The monoisotopic (exact) mass is 532 g/mol. The highest BCUT2D eigenvalue weighted by molar-refractivity contribution is 5.81. The Balaban J connectivity index is 1.37. The number of hydrogen-bond acceptors (Lipinski definition) is 6. The molecule has 5 rings (SSSR count). The molecule has 0 radical (unpaired) electrons. The summed E-state index contributed by atoms with van der Waals surface area (Å²) >= 11 is 0. The number of rotatable bonds is 6. The summed E-state index contributed by atoms with van der Waals surface area (Å²) in [5.41, 5.74) is 0.811. The molecule has 2 saturated heterocycles. The van der Waals surface area contributed by atoms with E-state index in [1.54, 1.807) is 30.0 Å². The number of allylic oxidation sites excluding steroid dienone is 1. The van der Waals surface area contributed by atoms with Crippen molar-refractivity contribution in [1.82, 2.24) is 25.0 Å². The van der Waals surface area contributed by atoms with Crippen molar-refractivity contribution < 1.29 is 9.90 Å². The van der Waals surface area contributed by atoms with Gasteiger partial charge in [-0.05, 0) is 37.0 Å². The van der Waals surface area contributed by atoms with Crippen molar-refractivity contribution in [2.45, 2.75) is 50.3 Å². The molecule has 0 bridgehead atoms. The maximum absolute atomic E-state index is 13.9. The number of likely N-dealkylation sites (tertiary alicyclic amines) is 1. The minimum absolute atomic E-state index is 0.0194. The zero-order valence-electron chi connectivity index (χ0n) is 22.7. The summed E-state index contributed by atoms with van der Waals surface area (Å²) in [4.78, 5) is 31.0. The number of hydrogen-bond donors (Lipinski definition) is 4. The first-order valence-electron chi connectivity index (χ1n) is 14.0. The number of urea groups is 1. The quantitative estimate of drug-likeness (QED) is 0.428. The minimum atomic E-state index is -1.08. The first-order chi connectivity index (χ1) is 18.9. The minimum Gasteiger partial charge on any atom is -0.388 e. The number of carbonyl (C=O) groups is 1. The lowest BCUT2D eigenvalue weighted by molar-refractivity contribution is -0.136. The molecule has 208 valence electrons. The number of pyridine rings is 1. The molecule has 1 spiro atoms. The highest BCUT2D eigenvalue weighted by atomic mass is 16.3. The Labute approximate surface area is 230 Å². The largest absolute Gasteiger partial charge is 0.388 e. The van der Waals surface area contributed by atoms with E-state index in [9.17, 15) is 14.7 Å². The number of aliphatic hydroxyl groups is 1. The van der Waals surface area contributed by atoms with Crippen molar-refractivity contribution in [2.75, 3.05) is 39.8 Å². The molecule has 3 aliphatic rings. The lowest BCUT2D eigenvalue weighted by Gasteiger charge is -2.53. The fourth-order valence-electron chi connectivity index (χ4n) is 6.84. The highest BCUT2D eigenvalue weighted by Gasteiger charge is 2.56. The van der Waals surface area contributed by atoms with Crippen molar-refractivity contribution in [3.63, 3.8) is 0 Å². The van der Waals surface area contributed by atoms with E-state index < -0.39 is 11.0 Å². The summed E-state index contributed by atoms with van der Waals surface area (Å²) in [5, 5.41) is 26.0. The Kier molecular flexibility index (Phi) is 7.91. The molecule has 1 aromatic heterocycles. The summed E-state index contributed by atoms with van der Waals surface area (Å²) in [5.74, 6) is 0. The molecule has 9 heteroatoms. The van der Waals surface area contributed by atoms with E-state index in [4.69, 9.17) is 5.41 Å². The van der Waals surface area contributed by atoms with E-state index >= 15 is 0 Å². The van der Waals surface area contributed by atoms with E-state index in [0.29, 0.717) is 37.3 Å². The maximum atomic E-state index is 13.9. The van der Waals surface area contributed by atoms with E-state index in [-0.39, 0.29) is 24.2 Å². The van der Waals surface area contributed by atoms with Gasteiger partial charge in [0.1, 0.15) is 0 Å². The van der Waals surface area contributed by atoms with Crippen LogP contribution < -0.4 is 16.2 Å². The molecule has 2 aliphatic heterocycles. The van der Waals surface area contributed by atoms with E-state index in [1.807, 2.05) is 34.1 Å². The molecule has 1 aromatic carbocycles. The average molecular weight is 533 g/mol. The maximum Gasteiger partial charge on any atom is 0.320 e. The third-order valence-corrected chi connectivity index (χ3v) is 9.04. The van der Waals surface area contributed by atoms with Crippen LogP contribution in [0.5, 0.6) is 0 Å². The van der Waals surface area contributed by atoms with Gasteiger partial charge < -0.3 is 35.5 Å². The first kappa shape index (κ1) is 27.1. The number of aromatic nitrogens is 1. The third kappa shape index (κ3) is 5.25. The van der Waals surface area contributed by atoms with Crippen molar-refractivity contribution in [2.24, 2.45) is 5.41 Å². The van der Waals surface area contributed by atoms with E-state index in [2.05, 4.69) is 22.8 Å². The second kappa shape index (κ2) is 11.4. The number of benzene rings is 1. The van der Waals surface area contributed by atoms with Gasteiger partial charge in [0.2, 0.25) is 0 Å². The molecule has 1 unspecified atom stereocenters. The van der Waals surface area contributed by atoms with Gasteiger partial charge in [-0.15, -0.1) is 0 Å². The van der Waals surface area contributed by atoms with E-state index in [0.717, 1.165) is 44.3 Å². The molecule has 3 fully saturated rings. The smallest absolute Gasteiger partial charge is 0.320 e. The van der Waals surface area contributed by atoms with Gasteiger partial charge in [0.25, 0.3) is 5.56 Å². The molecule has 1 saturated carbocycles. The SMILES string of the molecule is CN/C(=C\C=N)c1ccn(C[C@]2(O)CCN(C(=O)N3CCNCC3c3ccccc3)CC23CCCC3)c(=O)c1. The van der Waals surface area contributed by atoms with Crippen molar-refractivity contribution >= 4 is 17.9 Å². The van der Waals surface area contributed by atoms with Crippen LogP contribution in [0.25, 0.3) is 5.70 Å². The van der Waals surface area contributed by atoms with Crippen molar-refractivity contribution in [3.8, 4) is 0 Å². The zero-order chi connectivity index (χ0) is 27.5. The molecule has 2 aromatic rings. The normalized spacial score (nSPS) is 25.1. The number of piperazine rings is 1. The molecular formula is C30H40N6O3. The molecule has 39 heavy (non-hydrogen) atoms. The van der Waals surface area contributed by atoms with Crippen LogP contribution in [0.4, 0.5) is 4.79 Å². The molecular weight excluding hydrogens is 492 g/mol. The first-order valence-corrected chi connectivity index (χ1v) is 14.0. The van der Waals surface area contributed by atoms with Crippen LogP contribution in [-0.2, 0) is 6.54 Å². The van der Waals surface area contributed by atoms with Crippen LogP contribution in [0.15, 0.2) is 59.5 Å². The lowest BCUT2D eigenvalue weighted by Crippen LogP contribution is -2.64. The second-order valence-corrected chi connectivity index (χ2v) is 11.2. The number of piperidine rings is 1. The Morgan fingerprint density at radius 1 is 1.18 bits per heavy atom. The zero-order valence-corrected chi connectivity index (χ0v) is 22.7. The third-order valence-electron chi connectivity index (χ3n) is 9.04. The molecule has 2 amide bonds. The summed E-state index contributed by atoms with van der Waals surface area (Å²) in [6, 6.07) is 13.6. The topological polar surface area (TPSA) is 114 Å². The Morgan fingerprint density at radius 3 is 2.64 bits per heavy atom. The van der Waals surface area contributed by atoms with Gasteiger partial charge >= 0.3 is 6.03 Å². The van der Waals surface area contributed by atoms with Gasteiger partial charge in [-0.3, -0.25) is 4.79 Å². The molecule has 1 aliphatic carbocycles. The molecule has 3 heterocycles. The van der Waals surface area contributed by atoms with Crippen LogP contribution in [0.2, 0.25) is 0 Å². The summed E-state index contributed by atoms with van der Waals surface area (Å²) in [6.45, 7) is 3.31. The lowest BCUT2D eigenvalue weighted by atomic mass is 9.66. The second-order valence-electron chi connectivity index (χ2n) is 11.2. The van der Waals surface area contributed by atoms with Crippen LogP contribution in [-0.4, -0.2) is 77.1 Å². The average Bonchev–Trinajstić information content (AvgIpc) is 3.44. The van der Waals surface area contributed by atoms with Crippen LogP contribution in [0.1, 0.15) is 49.3 Å². The number of nitrogens with zero attached hydrogens (tertiary/aromatic N) is 3. The fraction of sp³-hybridized carbons (Fsp3) is 0.500. The standard InChI is InChI=1S/C30H40N6O3/c1-32-25(9-14-31)24-10-16-34(27(37)19-24)22-30(39)13-17-35(21-29(30)11-5-6-12-29)28(38)36-18-15-33-20-26(36)23-7-3-2-4-8-23/h2-4,7-10,14,16,19,26,31-33,39H,5-6,11-13,15,17-18,20-22H2,1H3/b25-9-,31-14?/t26?,30-/m1/s1. The summed E-state index contributed by atoms with van der Waals surface area (Å²) in [6.07, 6.45) is 8.66. The molecule has 2 atom stereocenters. The predicted octanol–water partition coefficient (Wildman–Crippen LogP) is 2.82. The van der Waals surface area contributed by atoms with E-state index in [1.165, 1.54) is 6.21 Å². The molecule has 4 N–H and O–H groups in total. The fourth-order valence-corrected chi connectivity index (χ4v) is 6.84. The Morgan fingerprint density at radius 2 is 1.95 bits per heavy atom. The van der Waals surface area contributed by atoms with Gasteiger partial charge in [0.05, 0.1) is 18.2 Å². The summed E-state index contributed by atoms with van der Waals surface area (Å²) < 4.78 is 1.60. The van der Waals surface area contributed by atoms with Gasteiger partial charge in [0, 0.05) is 74.9 Å². The number of nitrogens with one attached hydrogen (secondary N) is 3. The van der Waals surface area contributed by atoms with Gasteiger partial charge in [-0.2, -0.15) is 0 Å². The van der Waals surface area contributed by atoms with Crippen molar-refractivity contribution in [1.29, 1.82) is 5.41 Å². The van der Waals surface area contributed by atoms with Crippen LogP contribution >= 0.6 is 0 Å².